The molecule has 0 aliphatic heterocycles. The number of aromatic nitrogens is 5. The van der Waals surface area contributed by atoms with E-state index in [9.17, 15) is 0 Å². The van der Waals surface area contributed by atoms with E-state index in [-0.39, 0.29) is 0 Å². The quantitative estimate of drug-likeness (QED) is 0.174. The highest BCUT2D eigenvalue weighted by molar-refractivity contribution is 6.24. The third-order valence-electron chi connectivity index (χ3n) is 10.4. The minimum absolute atomic E-state index is 0.636. The first-order valence-corrected chi connectivity index (χ1v) is 17.8. The number of rotatable bonds is 4. The lowest BCUT2D eigenvalue weighted by Gasteiger charge is -2.11. The van der Waals surface area contributed by atoms with Gasteiger partial charge in [-0.25, -0.2) is 19.9 Å². The molecule has 0 saturated heterocycles. The standard InChI is InChI=1S/C48H29N5/c1-3-11-34-27-37(22-18-30(34)9-1)47-50-46(51-48(52-47)38-23-19-31-10-2-4-12-35(31)28-38)33-20-16-32(17-21-33)36-24-25-41-42(29-36)39-13-5-6-14-40(39)44-45(41)53-26-8-7-15-43(53)49-44/h1-29H. The second-order valence-electron chi connectivity index (χ2n) is 13.6. The van der Waals surface area contributed by atoms with E-state index in [1.165, 1.54) is 26.9 Å². The number of benzene rings is 8. The van der Waals surface area contributed by atoms with E-state index in [1.807, 2.05) is 6.07 Å². The van der Waals surface area contributed by atoms with Crippen molar-refractivity contribution in [2.24, 2.45) is 0 Å². The van der Waals surface area contributed by atoms with Crippen LogP contribution in [0.15, 0.2) is 176 Å². The number of pyridine rings is 1. The smallest absolute Gasteiger partial charge is 0.164 e. The summed E-state index contributed by atoms with van der Waals surface area (Å²) in [7, 11) is 0. The van der Waals surface area contributed by atoms with Gasteiger partial charge in [0.05, 0.1) is 11.0 Å². The van der Waals surface area contributed by atoms with E-state index in [0.717, 1.165) is 60.7 Å². The Hall–Kier alpha value is -7.24. The minimum Gasteiger partial charge on any atom is -0.299 e. The van der Waals surface area contributed by atoms with Crippen LogP contribution < -0.4 is 0 Å². The summed E-state index contributed by atoms with van der Waals surface area (Å²) in [5.74, 6) is 1.93. The SMILES string of the molecule is c1ccc2cc(-c3nc(-c4ccc(-c5ccc6c(c5)c5ccccc5c5nc7ccccn7c65)cc4)nc(-c4ccc5ccccc5c4)n3)ccc2c1. The lowest BCUT2D eigenvalue weighted by Crippen LogP contribution is -2.00. The maximum absolute atomic E-state index is 5.06. The van der Waals surface area contributed by atoms with Crippen LogP contribution in [0.2, 0.25) is 0 Å². The molecule has 11 aromatic rings. The zero-order chi connectivity index (χ0) is 34.9. The summed E-state index contributed by atoms with van der Waals surface area (Å²) in [4.78, 5) is 20.2. The predicted molar refractivity (Wildman–Crippen MR) is 218 cm³/mol. The highest BCUT2D eigenvalue weighted by Gasteiger charge is 2.16. The van der Waals surface area contributed by atoms with Crippen LogP contribution in [0, 0.1) is 0 Å². The number of hydrogen-bond acceptors (Lipinski definition) is 4. The van der Waals surface area contributed by atoms with Crippen molar-refractivity contribution in [3.8, 4) is 45.3 Å². The van der Waals surface area contributed by atoms with E-state index in [2.05, 4.69) is 174 Å². The monoisotopic (exact) mass is 675 g/mol. The fourth-order valence-corrected chi connectivity index (χ4v) is 7.75. The van der Waals surface area contributed by atoms with Gasteiger partial charge in [0, 0.05) is 33.7 Å². The number of imidazole rings is 1. The average Bonchev–Trinajstić information content (AvgIpc) is 3.63. The van der Waals surface area contributed by atoms with E-state index in [1.54, 1.807) is 0 Å². The van der Waals surface area contributed by atoms with Crippen LogP contribution >= 0.6 is 0 Å². The number of nitrogens with zero attached hydrogens (tertiary/aromatic N) is 5. The van der Waals surface area contributed by atoms with E-state index in [0.29, 0.717) is 17.5 Å². The molecule has 5 heteroatoms. The van der Waals surface area contributed by atoms with Crippen LogP contribution in [0.4, 0.5) is 0 Å². The van der Waals surface area contributed by atoms with E-state index >= 15 is 0 Å². The number of hydrogen-bond donors (Lipinski definition) is 0. The molecule has 0 fully saturated rings. The van der Waals surface area contributed by atoms with Crippen molar-refractivity contribution in [2.75, 3.05) is 0 Å². The lowest BCUT2D eigenvalue weighted by molar-refractivity contribution is 1.08. The molecule has 0 radical (unpaired) electrons. The highest BCUT2D eigenvalue weighted by Crippen LogP contribution is 2.38. The molecule has 0 aliphatic carbocycles. The van der Waals surface area contributed by atoms with Crippen LogP contribution in [0.25, 0.3) is 105 Å². The second kappa shape index (κ2) is 11.7. The third-order valence-corrected chi connectivity index (χ3v) is 10.4. The lowest BCUT2D eigenvalue weighted by atomic mass is 9.95. The highest BCUT2D eigenvalue weighted by atomic mass is 15.0. The third kappa shape index (κ3) is 4.86. The molecule has 0 unspecified atom stereocenters. The summed E-state index contributed by atoms with van der Waals surface area (Å²) >= 11 is 0. The van der Waals surface area contributed by atoms with Gasteiger partial charge in [-0.15, -0.1) is 0 Å². The van der Waals surface area contributed by atoms with Crippen LogP contribution in [0.5, 0.6) is 0 Å². The largest absolute Gasteiger partial charge is 0.299 e. The summed E-state index contributed by atoms with van der Waals surface area (Å²) in [6, 6.07) is 59.6. The van der Waals surface area contributed by atoms with Gasteiger partial charge in [-0.2, -0.15) is 0 Å². The minimum atomic E-state index is 0.636. The molecule has 0 bridgehead atoms. The zero-order valence-corrected chi connectivity index (χ0v) is 28.5. The van der Waals surface area contributed by atoms with Crippen molar-refractivity contribution in [1.82, 2.24) is 24.3 Å². The van der Waals surface area contributed by atoms with Crippen molar-refractivity contribution in [1.29, 1.82) is 0 Å². The fraction of sp³-hybridized carbons (Fsp3) is 0. The maximum atomic E-state index is 5.06. The maximum Gasteiger partial charge on any atom is 0.164 e. The van der Waals surface area contributed by atoms with Gasteiger partial charge in [0.15, 0.2) is 17.5 Å². The molecule has 3 aromatic heterocycles. The summed E-state index contributed by atoms with van der Waals surface area (Å²) in [6.07, 6.45) is 2.10. The molecule has 0 N–H and O–H groups in total. The molecule has 3 heterocycles. The normalized spacial score (nSPS) is 11.8. The Labute approximate surface area is 304 Å². The predicted octanol–water partition coefficient (Wildman–Crippen LogP) is 12.0. The first-order valence-electron chi connectivity index (χ1n) is 17.8. The van der Waals surface area contributed by atoms with Crippen LogP contribution in [-0.2, 0) is 0 Å². The molecular formula is C48H29N5. The molecule has 0 spiro atoms. The van der Waals surface area contributed by atoms with Crippen molar-refractivity contribution in [3.63, 3.8) is 0 Å². The van der Waals surface area contributed by atoms with Gasteiger partial charge in [-0.05, 0) is 73.8 Å². The zero-order valence-electron chi connectivity index (χ0n) is 28.5. The molecule has 11 rings (SSSR count). The Morgan fingerprint density at radius 3 is 1.53 bits per heavy atom. The average molecular weight is 676 g/mol. The van der Waals surface area contributed by atoms with Crippen LogP contribution in [0.3, 0.4) is 0 Å². The van der Waals surface area contributed by atoms with Crippen molar-refractivity contribution >= 4 is 59.8 Å². The molecule has 246 valence electrons. The summed E-state index contributed by atoms with van der Waals surface area (Å²) in [6.45, 7) is 0. The summed E-state index contributed by atoms with van der Waals surface area (Å²) < 4.78 is 2.20. The number of fused-ring (bicyclic) bond motifs is 10. The molecule has 0 saturated carbocycles. The summed E-state index contributed by atoms with van der Waals surface area (Å²) in [5, 5.41) is 9.40. The van der Waals surface area contributed by atoms with Crippen LogP contribution in [-0.4, -0.2) is 24.3 Å². The van der Waals surface area contributed by atoms with E-state index in [4.69, 9.17) is 19.9 Å². The van der Waals surface area contributed by atoms with Gasteiger partial charge in [-0.3, -0.25) is 4.40 Å². The molecule has 5 nitrogen and oxygen atoms in total. The first kappa shape index (κ1) is 29.5. The van der Waals surface area contributed by atoms with Crippen LogP contribution in [0.1, 0.15) is 0 Å². The van der Waals surface area contributed by atoms with Gasteiger partial charge < -0.3 is 0 Å². The molecular weight excluding hydrogens is 647 g/mol. The second-order valence-corrected chi connectivity index (χ2v) is 13.6. The Bertz CT molecular complexity index is 3140. The molecule has 0 atom stereocenters. The van der Waals surface area contributed by atoms with Gasteiger partial charge in [0.25, 0.3) is 0 Å². The molecule has 0 aliphatic rings. The molecule has 8 aromatic carbocycles. The Morgan fingerprint density at radius 2 is 0.849 bits per heavy atom. The van der Waals surface area contributed by atoms with E-state index < -0.39 is 0 Å². The summed E-state index contributed by atoms with van der Waals surface area (Å²) in [5.41, 5.74) is 8.21. The van der Waals surface area contributed by atoms with Gasteiger partial charge in [0.2, 0.25) is 0 Å². The Kier molecular flexibility index (Phi) is 6.48. The Morgan fingerprint density at radius 1 is 0.321 bits per heavy atom. The van der Waals surface area contributed by atoms with Gasteiger partial charge in [-0.1, -0.05) is 140 Å². The van der Waals surface area contributed by atoms with Gasteiger partial charge >= 0.3 is 0 Å². The van der Waals surface area contributed by atoms with Crippen molar-refractivity contribution in [3.05, 3.63) is 176 Å². The molecule has 53 heavy (non-hydrogen) atoms. The topological polar surface area (TPSA) is 56.0 Å². The van der Waals surface area contributed by atoms with Gasteiger partial charge in [0.1, 0.15) is 5.65 Å². The van der Waals surface area contributed by atoms with Crippen molar-refractivity contribution in [2.45, 2.75) is 0 Å². The molecule has 0 amide bonds. The fourth-order valence-electron chi connectivity index (χ4n) is 7.75. The first-order chi connectivity index (χ1) is 26.2. The van der Waals surface area contributed by atoms with Crippen molar-refractivity contribution < 1.29 is 0 Å². The Balaban J connectivity index is 1.04.